The number of aliphatic imine (C=N–C) groups is 1. The lowest BCUT2D eigenvalue weighted by atomic mass is 10.2. The van der Waals surface area contributed by atoms with E-state index < -0.39 is 5.97 Å². The predicted octanol–water partition coefficient (Wildman–Crippen LogP) is 3.45. The van der Waals surface area contributed by atoms with Crippen LogP contribution in [0.4, 0.5) is 0 Å². The molecule has 134 valence electrons. The van der Waals surface area contributed by atoms with Crippen LogP contribution in [-0.2, 0) is 9.53 Å². The first-order valence-corrected chi connectivity index (χ1v) is 8.12. The Balaban J connectivity index is 1.86. The van der Waals surface area contributed by atoms with Crippen molar-refractivity contribution in [1.82, 2.24) is 0 Å². The predicted molar refractivity (Wildman–Crippen MR) is 97.8 cm³/mol. The Kier molecular flexibility index (Phi) is 5.22. The Bertz CT molecular complexity index is 868. The van der Waals surface area contributed by atoms with Gasteiger partial charge in [-0.25, -0.2) is 9.79 Å². The molecule has 0 aliphatic carbocycles. The molecule has 3 rings (SSSR count). The second kappa shape index (κ2) is 7.74. The Morgan fingerprint density at radius 1 is 1.04 bits per heavy atom. The largest absolute Gasteiger partial charge is 0.494 e. The van der Waals surface area contributed by atoms with Crippen LogP contribution in [0.25, 0.3) is 6.08 Å². The summed E-state index contributed by atoms with van der Waals surface area (Å²) in [6, 6.07) is 12.6. The number of carbonyl (C=O) groups is 1. The van der Waals surface area contributed by atoms with Gasteiger partial charge in [-0.3, -0.25) is 0 Å². The smallest absolute Gasteiger partial charge is 0.363 e. The van der Waals surface area contributed by atoms with Crippen molar-refractivity contribution in [3.63, 3.8) is 0 Å². The summed E-state index contributed by atoms with van der Waals surface area (Å²) >= 11 is 0. The van der Waals surface area contributed by atoms with Crippen LogP contribution in [0.2, 0.25) is 0 Å². The molecule has 2 aromatic rings. The zero-order valence-corrected chi connectivity index (χ0v) is 14.8. The summed E-state index contributed by atoms with van der Waals surface area (Å²) in [4.78, 5) is 16.4. The van der Waals surface area contributed by atoms with Crippen molar-refractivity contribution in [3.05, 3.63) is 59.3 Å². The number of hydrogen-bond acceptors (Lipinski definition) is 6. The second-order valence-electron chi connectivity index (χ2n) is 5.41. The molecule has 0 saturated carbocycles. The van der Waals surface area contributed by atoms with E-state index in [-0.39, 0.29) is 11.6 Å². The Labute approximate surface area is 151 Å². The van der Waals surface area contributed by atoms with Crippen LogP contribution in [-0.4, -0.2) is 32.7 Å². The summed E-state index contributed by atoms with van der Waals surface area (Å²) in [5.74, 6) is 1.63. The number of ether oxygens (including phenoxy) is 4. The number of rotatable bonds is 6. The first kappa shape index (κ1) is 17.5. The molecule has 0 N–H and O–H groups in total. The first-order chi connectivity index (χ1) is 12.6. The lowest BCUT2D eigenvalue weighted by molar-refractivity contribution is -0.129. The van der Waals surface area contributed by atoms with Crippen molar-refractivity contribution in [2.75, 3.05) is 20.8 Å². The SMILES string of the molecule is CCOc1ccc(C=C2N=C(c3ccc(OC)c(OC)c3)OC2=O)cc1. The summed E-state index contributed by atoms with van der Waals surface area (Å²) in [5.41, 5.74) is 1.70. The number of cyclic esters (lactones) is 1. The van der Waals surface area contributed by atoms with Crippen LogP contribution in [0, 0.1) is 0 Å². The highest BCUT2D eigenvalue weighted by atomic mass is 16.6. The Hall–Kier alpha value is -3.28. The van der Waals surface area contributed by atoms with Crippen molar-refractivity contribution in [1.29, 1.82) is 0 Å². The minimum absolute atomic E-state index is 0.230. The van der Waals surface area contributed by atoms with Gasteiger partial charge in [0.05, 0.1) is 20.8 Å². The highest BCUT2D eigenvalue weighted by Gasteiger charge is 2.25. The Morgan fingerprint density at radius 2 is 1.77 bits per heavy atom. The van der Waals surface area contributed by atoms with Gasteiger partial charge in [0.15, 0.2) is 17.2 Å². The fraction of sp³-hybridized carbons (Fsp3) is 0.200. The third kappa shape index (κ3) is 3.69. The molecule has 0 amide bonds. The molecule has 0 spiro atoms. The molecule has 1 heterocycles. The maximum Gasteiger partial charge on any atom is 0.363 e. The molecule has 0 saturated heterocycles. The van der Waals surface area contributed by atoms with E-state index >= 15 is 0 Å². The zero-order chi connectivity index (χ0) is 18.5. The minimum Gasteiger partial charge on any atom is -0.494 e. The standard InChI is InChI=1S/C20H19NO5/c1-4-25-15-8-5-13(6-9-15)11-16-20(22)26-19(21-16)14-7-10-17(23-2)18(12-14)24-3/h5-12H,4H2,1-3H3. The summed E-state index contributed by atoms with van der Waals surface area (Å²) in [7, 11) is 3.10. The van der Waals surface area contributed by atoms with Gasteiger partial charge in [-0.15, -0.1) is 0 Å². The summed E-state index contributed by atoms with van der Waals surface area (Å²) < 4.78 is 21.2. The molecule has 0 atom stereocenters. The van der Waals surface area contributed by atoms with E-state index in [1.165, 1.54) is 0 Å². The molecule has 0 unspecified atom stereocenters. The number of methoxy groups -OCH3 is 2. The molecule has 1 aliphatic heterocycles. The number of hydrogen-bond donors (Lipinski definition) is 0. The van der Waals surface area contributed by atoms with E-state index in [4.69, 9.17) is 18.9 Å². The van der Waals surface area contributed by atoms with Crippen LogP contribution < -0.4 is 14.2 Å². The molecule has 0 fully saturated rings. The topological polar surface area (TPSA) is 66.3 Å². The monoisotopic (exact) mass is 353 g/mol. The van der Waals surface area contributed by atoms with Gasteiger partial charge in [0.1, 0.15) is 5.75 Å². The van der Waals surface area contributed by atoms with Crippen molar-refractivity contribution in [2.24, 2.45) is 4.99 Å². The van der Waals surface area contributed by atoms with Crippen LogP contribution in [0.15, 0.2) is 53.2 Å². The van der Waals surface area contributed by atoms with Gasteiger partial charge < -0.3 is 18.9 Å². The number of esters is 1. The minimum atomic E-state index is -0.497. The highest BCUT2D eigenvalue weighted by Crippen LogP contribution is 2.29. The second-order valence-corrected chi connectivity index (χ2v) is 5.41. The number of nitrogens with zero attached hydrogens (tertiary/aromatic N) is 1. The summed E-state index contributed by atoms with van der Waals surface area (Å²) in [5, 5.41) is 0. The number of carbonyl (C=O) groups excluding carboxylic acids is 1. The van der Waals surface area contributed by atoms with Gasteiger partial charge in [0.25, 0.3) is 0 Å². The molecular formula is C20H19NO5. The maximum absolute atomic E-state index is 12.1. The van der Waals surface area contributed by atoms with E-state index in [0.717, 1.165) is 11.3 Å². The van der Waals surface area contributed by atoms with Crippen LogP contribution in [0.5, 0.6) is 17.2 Å². The molecule has 6 heteroatoms. The van der Waals surface area contributed by atoms with Gasteiger partial charge in [0, 0.05) is 5.56 Å². The molecule has 6 nitrogen and oxygen atoms in total. The van der Waals surface area contributed by atoms with E-state index in [9.17, 15) is 4.79 Å². The van der Waals surface area contributed by atoms with Gasteiger partial charge in [-0.1, -0.05) is 12.1 Å². The highest BCUT2D eigenvalue weighted by molar-refractivity contribution is 6.13. The lowest BCUT2D eigenvalue weighted by Crippen LogP contribution is -2.05. The average Bonchev–Trinajstić information content (AvgIpc) is 3.03. The fourth-order valence-electron chi connectivity index (χ4n) is 2.49. The van der Waals surface area contributed by atoms with Gasteiger partial charge in [-0.2, -0.15) is 0 Å². The van der Waals surface area contributed by atoms with Crippen LogP contribution in [0.3, 0.4) is 0 Å². The van der Waals surface area contributed by atoms with Gasteiger partial charge >= 0.3 is 5.97 Å². The zero-order valence-electron chi connectivity index (χ0n) is 14.8. The van der Waals surface area contributed by atoms with Crippen LogP contribution in [0.1, 0.15) is 18.1 Å². The average molecular weight is 353 g/mol. The fourth-order valence-corrected chi connectivity index (χ4v) is 2.49. The third-order valence-corrected chi connectivity index (χ3v) is 3.75. The number of benzene rings is 2. The van der Waals surface area contributed by atoms with E-state index in [1.54, 1.807) is 38.5 Å². The summed E-state index contributed by atoms with van der Waals surface area (Å²) in [6.45, 7) is 2.53. The van der Waals surface area contributed by atoms with Crippen molar-refractivity contribution < 1.29 is 23.7 Å². The maximum atomic E-state index is 12.1. The van der Waals surface area contributed by atoms with Crippen LogP contribution >= 0.6 is 0 Å². The van der Waals surface area contributed by atoms with E-state index in [0.29, 0.717) is 23.7 Å². The first-order valence-electron chi connectivity index (χ1n) is 8.12. The lowest BCUT2D eigenvalue weighted by Gasteiger charge is -2.08. The molecule has 0 radical (unpaired) electrons. The van der Waals surface area contributed by atoms with Crippen molar-refractivity contribution in [3.8, 4) is 17.2 Å². The Morgan fingerprint density at radius 3 is 2.42 bits per heavy atom. The van der Waals surface area contributed by atoms with Crippen molar-refractivity contribution >= 4 is 17.9 Å². The van der Waals surface area contributed by atoms with Gasteiger partial charge in [0.2, 0.25) is 5.90 Å². The quantitative estimate of drug-likeness (QED) is 0.588. The molecule has 26 heavy (non-hydrogen) atoms. The molecule has 0 bridgehead atoms. The normalized spacial score (nSPS) is 14.8. The van der Waals surface area contributed by atoms with Gasteiger partial charge in [-0.05, 0) is 48.9 Å². The van der Waals surface area contributed by atoms with Crippen molar-refractivity contribution in [2.45, 2.75) is 6.92 Å². The molecular weight excluding hydrogens is 334 g/mol. The third-order valence-electron chi connectivity index (χ3n) is 3.75. The molecule has 0 aromatic heterocycles. The molecule has 1 aliphatic rings. The van der Waals surface area contributed by atoms with E-state index in [1.807, 2.05) is 31.2 Å². The molecule has 2 aromatic carbocycles. The summed E-state index contributed by atoms with van der Waals surface area (Å²) in [6.07, 6.45) is 1.67. The van der Waals surface area contributed by atoms with E-state index in [2.05, 4.69) is 4.99 Å².